The Hall–Kier alpha value is -0.960. The number of hydrogen-bond acceptors (Lipinski definition) is 3. The molecule has 0 aromatic heterocycles. The first-order chi connectivity index (χ1) is 10.5. The normalized spacial score (nSPS) is 47.5. The predicted molar refractivity (Wildman–Crippen MR) is 83.1 cm³/mol. The van der Waals surface area contributed by atoms with Gasteiger partial charge in [-0.15, -0.1) is 0 Å². The highest BCUT2D eigenvalue weighted by molar-refractivity contribution is 5.91. The van der Waals surface area contributed by atoms with Crippen molar-refractivity contribution < 1.29 is 14.7 Å². The number of carbonyl (C=O) groups excluding carboxylic acids is 2. The topological polar surface area (TPSA) is 54.4 Å². The maximum atomic E-state index is 12.4. The molecule has 0 aromatic carbocycles. The number of hydrogen-bond donors (Lipinski definition) is 1. The van der Waals surface area contributed by atoms with Crippen LogP contribution >= 0.6 is 0 Å². The van der Waals surface area contributed by atoms with E-state index in [0.29, 0.717) is 30.0 Å². The summed E-state index contributed by atoms with van der Waals surface area (Å²) in [5, 5.41) is 10.2. The van der Waals surface area contributed by atoms with Crippen LogP contribution in [0.2, 0.25) is 0 Å². The maximum absolute atomic E-state index is 12.4. The molecule has 5 atom stereocenters. The second-order valence-corrected chi connectivity index (χ2v) is 8.28. The van der Waals surface area contributed by atoms with E-state index in [4.69, 9.17) is 0 Å². The van der Waals surface area contributed by atoms with Crippen molar-refractivity contribution in [3.63, 3.8) is 0 Å². The number of carbonyl (C=O) groups is 2. The van der Waals surface area contributed by atoms with Crippen LogP contribution in [0.15, 0.2) is 11.6 Å². The molecule has 4 aliphatic rings. The van der Waals surface area contributed by atoms with Crippen molar-refractivity contribution in [2.24, 2.45) is 28.6 Å². The molecule has 3 nitrogen and oxygen atoms in total. The van der Waals surface area contributed by atoms with Crippen LogP contribution in [0.1, 0.15) is 58.3 Å². The van der Waals surface area contributed by atoms with Crippen molar-refractivity contribution in [1.82, 2.24) is 0 Å². The standard InChI is InChI=1S/C19H26O3/c1-18-8-7-16-14(15(18)4-5-17(18)22)3-2-12-10-13(21)6-9-19(12,16)11-20/h10,14-16,20H,2-9,11H2,1H3/t14-,15+,16-,18-,19+/m0/s1. The molecule has 3 heteroatoms. The highest BCUT2D eigenvalue weighted by Gasteiger charge is 2.59. The van der Waals surface area contributed by atoms with Gasteiger partial charge in [-0.2, -0.15) is 0 Å². The summed E-state index contributed by atoms with van der Waals surface area (Å²) in [5.74, 6) is 2.22. The zero-order chi connectivity index (χ0) is 15.5. The lowest BCUT2D eigenvalue weighted by Gasteiger charge is -2.57. The highest BCUT2D eigenvalue weighted by atomic mass is 16.3. The van der Waals surface area contributed by atoms with Crippen LogP contribution < -0.4 is 0 Å². The van der Waals surface area contributed by atoms with Crippen LogP contribution in [0.5, 0.6) is 0 Å². The van der Waals surface area contributed by atoms with Gasteiger partial charge in [0.05, 0.1) is 6.61 Å². The van der Waals surface area contributed by atoms with Crippen LogP contribution in [-0.4, -0.2) is 23.3 Å². The van der Waals surface area contributed by atoms with Gasteiger partial charge in [0.1, 0.15) is 5.78 Å². The fourth-order valence-corrected chi connectivity index (χ4v) is 6.43. The molecule has 0 unspecified atom stereocenters. The Morgan fingerprint density at radius 3 is 2.68 bits per heavy atom. The average Bonchev–Trinajstić information content (AvgIpc) is 2.82. The Kier molecular flexibility index (Phi) is 3.17. The van der Waals surface area contributed by atoms with Crippen LogP contribution in [0, 0.1) is 28.6 Å². The quantitative estimate of drug-likeness (QED) is 0.810. The summed E-state index contributed by atoms with van der Waals surface area (Å²) in [5.41, 5.74) is 0.938. The molecular weight excluding hydrogens is 276 g/mol. The monoisotopic (exact) mass is 302 g/mol. The lowest BCUT2D eigenvalue weighted by molar-refractivity contribution is -0.134. The van der Waals surface area contributed by atoms with Crippen molar-refractivity contribution in [3.8, 4) is 0 Å². The fourth-order valence-electron chi connectivity index (χ4n) is 6.43. The van der Waals surface area contributed by atoms with Gasteiger partial charge in [0.15, 0.2) is 5.78 Å². The number of ketones is 2. The third-order valence-electron chi connectivity index (χ3n) is 7.68. The third kappa shape index (κ3) is 1.72. The van der Waals surface area contributed by atoms with Crippen molar-refractivity contribution in [2.75, 3.05) is 6.61 Å². The summed E-state index contributed by atoms with van der Waals surface area (Å²) in [7, 11) is 0. The molecule has 3 fully saturated rings. The van der Waals surface area contributed by atoms with Gasteiger partial charge in [0, 0.05) is 23.7 Å². The first-order valence-electron chi connectivity index (χ1n) is 8.89. The minimum Gasteiger partial charge on any atom is -0.395 e. The fraction of sp³-hybridized carbons (Fsp3) is 0.789. The third-order valence-corrected chi connectivity index (χ3v) is 7.68. The zero-order valence-corrected chi connectivity index (χ0v) is 13.4. The summed E-state index contributed by atoms with van der Waals surface area (Å²) in [6.45, 7) is 2.36. The smallest absolute Gasteiger partial charge is 0.155 e. The maximum Gasteiger partial charge on any atom is 0.155 e. The number of rotatable bonds is 1. The van der Waals surface area contributed by atoms with Gasteiger partial charge in [-0.05, 0) is 62.4 Å². The van der Waals surface area contributed by atoms with Gasteiger partial charge in [-0.1, -0.05) is 12.5 Å². The van der Waals surface area contributed by atoms with E-state index in [1.165, 1.54) is 5.57 Å². The summed E-state index contributed by atoms with van der Waals surface area (Å²) >= 11 is 0. The molecule has 0 amide bonds. The molecule has 3 saturated carbocycles. The highest BCUT2D eigenvalue weighted by Crippen LogP contribution is 2.64. The van der Waals surface area contributed by atoms with Crippen molar-refractivity contribution >= 4 is 11.6 Å². The van der Waals surface area contributed by atoms with E-state index in [2.05, 4.69) is 6.92 Å². The second-order valence-electron chi connectivity index (χ2n) is 8.28. The van der Waals surface area contributed by atoms with E-state index < -0.39 is 0 Å². The van der Waals surface area contributed by atoms with Crippen molar-refractivity contribution in [3.05, 3.63) is 11.6 Å². The van der Waals surface area contributed by atoms with Gasteiger partial charge in [0.2, 0.25) is 0 Å². The van der Waals surface area contributed by atoms with Gasteiger partial charge in [-0.3, -0.25) is 9.59 Å². The Morgan fingerprint density at radius 1 is 1.09 bits per heavy atom. The Bertz CT molecular complexity index is 563. The molecule has 0 spiro atoms. The number of aliphatic hydroxyl groups is 1. The molecule has 0 saturated heterocycles. The molecule has 0 bridgehead atoms. The lowest BCUT2D eigenvalue weighted by Crippen LogP contribution is -2.53. The van der Waals surface area contributed by atoms with E-state index in [1.807, 2.05) is 6.08 Å². The minimum atomic E-state index is -0.163. The number of Topliss-reactive ketones (excluding diaryl/α,β-unsaturated/α-hetero) is 1. The Labute approximate surface area is 132 Å². The zero-order valence-electron chi connectivity index (χ0n) is 13.4. The first-order valence-corrected chi connectivity index (χ1v) is 8.89. The van der Waals surface area contributed by atoms with Crippen LogP contribution in [0.3, 0.4) is 0 Å². The molecule has 4 aliphatic carbocycles. The molecule has 120 valence electrons. The Morgan fingerprint density at radius 2 is 1.91 bits per heavy atom. The molecule has 4 rings (SSSR count). The summed E-state index contributed by atoms with van der Waals surface area (Å²) < 4.78 is 0. The van der Waals surface area contributed by atoms with E-state index in [0.717, 1.165) is 44.9 Å². The SMILES string of the molecule is C[C@]12CC[C@H]3[C@@H](CCC4=CC(=O)CC[C@@]43CO)[C@H]1CCC2=O. The van der Waals surface area contributed by atoms with Gasteiger partial charge in [-0.25, -0.2) is 0 Å². The van der Waals surface area contributed by atoms with E-state index in [1.54, 1.807) is 0 Å². The molecule has 22 heavy (non-hydrogen) atoms. The predicted octanol–water partition coefficient (Wildman–Crippen LogP) is 3.06. The van der Waals surface area contributed by atoms with Crippen molar-refractivity contribution in [1.29, 1.82) is 0 Å². The molecular formula is C19H26O3. The Balaban J connectivity index is 1.73. The van der Waals surface area contributed by atoms with Gasteiger partial charge >= 0.3 is 0 Å². The van der Waals surface area contributed by atoms with Crippen LogP contribution in [0.4, 0.5) is 0 Å². The molecule has 1 N–H and O–H groups in total. The van der Waals surface area contributed by atoms with Gasteiger partial charge in [0.25, 0.3) is 0 Å². The summed E-state index contributed by atoms with van der Waals surface area (Å²) in [6.07, 6.45) is 9.06. The molecule has 0 heterocycles. The van der Waals surface area contributed by atoms with Crippen LogP contribution in [-0.2, 0) is 9.59 Å². The average molecular weight is 302 g/mol. The van der Waals surface area contributed by atoms with E-state index in [9.17, 15) is 14.7 Å². The summed E-state index contributed by atoms with van der Waals surface area (Å²) in [6, 6.07) is 0. The largest absolute Gasteiger partial charge is 0.395 e. The molecule has 0 aliphatic heterocycles. The minimum absolute atomic E-state index is 0.108. The molecule has 0 radical (unpaired) electrons. The summed E-state index contributed by atoms with van der Waals surface area (Å²) in [4.78, 5) is 24.2. The van der Waals surface area contributed by atoms with Crippen LogP contribution in [0.25, 0.3) is 0 Å². The van der Waals surface area contributed by atoms with E-state index in [-0.39, 0.29) is 23.2 Å². The van der Waals surface area contributed by atoms with Crippen molar-refractivity contribution in [2.45, 2.75) is 58.3 Å². The molecule has 0 aromatic rings. The number of fused-ring (bicyclic) bond motifs is 5. The lowest BCUT2D eigenvalue weighted by atomic mass is 9.47. The first kappa shape index (κ1) is 14.6. The number of aliphatic hydroxyl groups excluding tert-OH is 1. The van der Waals surface area contributed by atoms with E-state index >= 15 is 0 Å². The second kappa shape index (κ2) is 4.77. The van der Waals surface area contributed by atoms with Gasteiger partial charge < -0.3 is 5.11 Å².